The number of nitrogens with zero attached hydrogens (tertiary/aromatic N) is 2. The Kier molecular flexibility index (Phi) is 7.00. The Labute approximate surface area is 148 Å². The maximum atomic E-state index is 12.4. The first-order valence-corrected chi connectivity index (χ1v) is 8.14. The van der Waals surface area contributed by atoms with E-state index < -0.39 is 18.2 Å². The molecule has 0 bridgehead atoms. The predicted octanol–water partition coefficient (Wildman–Crippen LogP) is 3.14. The number of aliphatic hydroxyl groups is 1. The minimum Gasteiger partial charge on any atom is -0.445 e. The summed E-state index contributed by atoms with van der Waals surface area (Å²) in [7, 11) is 1.58. The van der Waals surface area contributed by atoms with Crippen molar-refractivity contribution in [3.8, 4) is 6.07 Å². The van der Waals surface area contributed by atoms with Crippen LogP contribution in [0.4, 0.5) is 4.79 Å². The molecule has 0 spiro atoms. The molecule has 2 aromatic carbocycles. The molecule has 5 nitrogen and oxygen atoms in total. The highest BCUT2D eigenvalue weighted by Crippen LogP contribution is 2.15. The number of ether oxygens (including phenoxy) is 1. The minimum atomic E-state index is -0.945. The maximum absolute atomic E-state index is 12.4. The van der Waals surface area contributed by atoms with Crippen LogP contribution in [0.2, 0.25) is 0 Å². The highest BCUT2D eigenvalue weighted by Gasteiger charge is 2.28. The number of likely N-dealkylation sites (N-methyl/N-ethyl adjacent to an activating group) is 1. The van der Waals surface area contributed by atoms with Crippen LogP contribution in [-0.4, -0.2) is 35.3 Å². The number of carbonyl (C=O) groups excluding carboxylic acids is 1. The first-order chi connectivity index (χ1) is 12.1. The van der Waals surface area contributed by atoms with E-state index >= 15 is 0 Å². The molecule has 1 amide bonds. The molecule has 0 heterocycles. The summed E-state index contributed by atoms with van der Waals surface area (Å²) >= 11 is 0. The third kappa shape index (κ3) is 5.63. The number of rotatable bonds is 7. The second kappa shape index (κ2) is 9.45. The van der Waals surface area contributed by atoms with Gasteiger partial charge in [0.1, 0.15) is 6.61 Å². The van der Waals surface area contributed by atoms with Crippen LogP contribution >= 0.6 is 0 Å². The van der Waals surface area contributed by atoms with Gasteiger partial charge in [-0.2, -0.15) is 5.26 Å². The molecule has 0 aromatic heterocycles. The molecule has 0 radical (unpaired) electrons. The van der Waals surface area contributed by atoms with E-state index in [2.05, 4.69) is 0 Å². The first kappa shape index (κ1) is 18.5. The number of nitriles is 1. The van der Waals surface area contributed by atoms with Crippen molar-refractivity contribution in [1.29, 1.82) is 5.26 Å². The molecule has 2 aromatic rings. The van der Waals surface area contributed by atoms with Crippen LogP contribution in [0.25, 0.3) is 0 Å². The Morgan fingerprint density at radius 2 is 1.68 bits per heavy atom. The van der Waals surface area contributed by atoms with Crippen molar-refractivity contribution < 1.29 is 14.6 Å². The third-order valence-corrected chi connectivity index (χ3v) is 4.02. The highest BCUT2D eigenvalue weighted by atomic mass is 16.6. The van der Waals surface area contributed by atoms with Crippen LogP contribution in [0, 0.1) is 11.3 Å². The summed E-state index contributed by atoms with van der Waals surface area (Å²) in [5.74, 6) is 0. The second-order valence-corrected chi connectivity index (χ2v) is 5.84. The van der Waals surface area contributed by atoms with E-state index in [1.165, 1.54) is 4.90 Å². The summed E-state index contributed by atoms with van der Waals surface area (Å²) in [4.78, 5) is 13.7. The Morgan fingerprint density at radius 1 is 1.12 bits per heavy atom. The average Bonchev–Trinajstić information content (AvgIpc) is 2.65. The van der Waals surface area contributed by atoms with Crippen molar-refractivity contribution in [2.75, 3.05) is 7.05 Å². The molecule has 0 aliphatic heterocycles. The standard InChI is InChI=1S/C20H22N2O3/c1-22(20(24)25-15-17-10-6-3-7-11-17)18(19(23)12-13-21)14-16-8-4-2-5-9-16/h2-11,18-19,23H,12,14-15H2,1H3/t18-,19+/m0/s1. The molecular weight excluding hydrogens is 316 g/mol. The fraction of sp³-hybridized carbons (Fsp3) is 0.300. The van der Waals surface area contributed by atoms with E-state index in [1.807, 2.05) is 66.7 Å². The monoisotopic (exact) mass is 338 g/mol. The predicted molar refractivity (Wildman–Crippen MR) is 94.6 cm³/mol. The Bertz CT molecular complexity index is 698. The van der Waals surface area contributed by atoms with Gasteiger partial charge in [0.25, 0.3) is 0 Å². The molecular formula is C20H22N2O3. The molecule has 5 heteroatoms. The molecule has 0 aliphatic rings. The quantitative estimate of drug-likeness (QED) is 0.842. The van der Waals surface area contributed by atoms with Crippen LogP contribution in [0.5, 0.6) is 0 Å². The Hall–Kier alpha value is -2.84. The number of aliphatic hydroxyl groups excluding tert-OH is 1. The third-order valence-electron chi connectivity index (χ3n) is 4.02. The van der Waals surface area contributed by atoms with E-state index in [9.17, 15) is 9.90 Å². The smallest absolute Gasteiger partial charge is 0.410 e. The van der Waals surface area contributed by atoms with Crippen LogP contribution in [0.1, 0.15) is 17.5 Å². The molecule has 2 rings (SSSR count). The van der Waals surface area contributed by atoms with E-state index in [0.717, 1.165) is 11.1 Å². The molecule has 0 aliphatic carbocycles. The summed E-state index contributed by atoms with van der Waals surface area (Å²) in [5.41, 5.74) is 1.87. The van der Waals surface area contributed by atoms with E-state index in [1.54, 1.807) is 7.05 Å². The minimum absolute atomic E-state index is 0.0478. The lowest BCUT2D eigenvalue weighted by Gasteiger charge is -2.30. The van der Waals surface area contributed by atoms with Gasteiger partial charge < -0.3 is 14.7 Å². The summed E-state index contributed by atoms with van der Waals surface area (Å²) in [5, 5.41) is 19.2. The van der Waals surface area contributed by atoms with Crippen molar-refractivity contribution in [1.82, 2.24) is 4.90 Å². The van der Waals surface area contributed by atoms with Crippen molar-refractivity contribution >= 4 is 6.09 Å². The molecule has 1 N–H and O–H groups in total. The van der Waals surface area contributed by atoms with Crippen LogP contribution in [-0.2, 0) is 17.8 Å². The summed E-state index contributed by atoms with van der Waals surface area (Å²) < 4.78 is 5.33. The van der Waals surface area contributed by atoms with Crippen molar-refractivity contribution in [3.05, 3.63) is 71.8 Å². The Balaban J connectivity index is 2.04. The van der Waals surface area contributed by atoms with Crippen molar-refractivity contribution in [2.24, 2.45) is 0 Å². The van der Waals surface area contributed by atoms with Crippen LogP contribution in [0.3, 0.4) is 0 Å². The van der Waals surface area contributed by atoms with Gasteiger partial charge in [0.2, 0.25) is 0 Å². The number of carbonyl (C=O) groups is 1. The zero-order valence-electron chi connectivity index (χ0n) is 14.2. The van der Waals surface area contributed by atoms with Gasteiger partial charge in [0, 0.05) is 7.05 Å². The van der Waals surface area contributed by atoms with Crippen LogP contribution < -0.4 is 0 Å². The van der Waals surface area contributed by atoms with Crippen LogP contribution in [0.15, 0.2) is 60.7 Å². The lowest BCUT2D eigenvalue weighted by Crippen LogP contribution is -2.46. The topological polar surface area (TPSA) is 73.6 Å². The molecule has 130 valence electrons. The maximum Gasteiger partial charge on any atom is 0.410 e. The van der Waals surface area contributed by atoms with Crippen molar-refractivity contribution in [3.63, 3.8) is 0 Å². The van der Waals surface area contributed by atoms with E-state index in [0.29, 0.717) is 6.42 Å². The largest absolute Gasteiger partial charge is 0.445 e. The number of hydrogen-bond donors (Lipinski definition) is 1. The average molecular weight is 338 g/mol. The van der Waals surface area contributed by atoms with Gasteiger partial charge >= 0.3 is 6.09 Å². The highest BCUT2D eigenvalue weighted by molar-refractivity contribution is 5.67. The van der Waals surface area contributed by atoms with Gasteiger partial charge in [-0.05, 0) is 17.5 Å². The van der Waals surface area contributed by atoms with Gasteiger partial charge in [-0.3, -0.25) is 0 Å². The fourth-order valence-electron chi connectivity index (χ4n) is 2.57. The van der Waals surface area contributed by atoms with Crippen molar-refractivity contribution in [2.45, 2.75) is 31.6 Å². The van der Waals surface area contributed by atoms with Gasteiger partial charge in [0.15, 0.2) is 0 Å². The molecule has 25 heavy (non-hydrogen) atoms. The van der Waals surface area contributed by atoms with Gasteiger partial charge in [-0.15, -0.1) is 0 Å². The molecule has 0 saturated heterocycles. The molecule has 0 unspecified atom stereocenters. The normalized spacial score (nSPS) is 12.7. The molecule has 0 saturated carbocycles. The van der Waals surface area contributed by atoms with E-state index in [4.69, 9.17) is 10.00 Å². The lowest BCUT2D eigenvalue weighted by atomic mass is 9.98. The second-order valence-electron chi connectivity index (χ2n) is 5.84. The SMILES string of the molecule is CN(C(=O)OCc1ccccc1)[C@@H](Cc1ccccc1)[C@H](O)CC#N. The summed E-state index contributed by atoms with van der Waals surface area (Å²) in [6, 6.07) is 20.4. The zero-order valence-corrected chi connectivity index (χ0v) is 14.2. The zero-order chi connectivity index (χ0) is 18.1. The first-order valence-electron chi connectivity index (χ1n) is 8.14. The Morgan fingerprint density at radius 3 is 2.24 bits per heavy atom. The van der Waals surface area contributed by atoms with Gasteiger partial charge in [0.05, 0.1) is 24.6 Å². The number of hydrogen-bond acceptors (Lipinski definition) is 4. The molecule has 0 fully saturated rings. The van der Waals surface area contributed by atoms with E-state index in [-0.39, 0.29) is 13.0 Å². The fourth-order valence-corrected chi connectivity index (χ4v) is 2.57. The number of amides is 1. The lowest BCUT2D eigenvalue weighted by molar-refractivity contribution is 0.0437. The van der Waals surface area contributed by atoms with Gasteiger partial charge in [-0.1, -0.05) is 60.7 Å². The number of benzene rings is 2. The molecule has 2 atom stereocenters. The summed E-state index contributed by atoms with van der Waals surface area (Å²) in [6.07, 6.45) is -1.07. The summed E-state index contributed by atoms with van der Waals surface area (Å²) in [6.45, 7) is 0.163. The van der Waals surface area contributed by atoms with Gasteiger partial charge in [-0.25, -0.2) is 4.79 Å².